The summed E-state index contributed by atoms with van der Waals surface area (Å²) in [5.74, 6) is -0.0393. The van der Waals surface area contributed by atoms with E-state index in [0.717, 1.165) is 5.69 Å². The molecule has 0 aliphatic heterocycles. The molecule has 0 fully saturated rings. The van der Waals surface area contributed by atoms with Gasteiger partial charge in [-0.25, -0.2) is 14.2 Å². The third kappa shape index (κ3) is 6.71. The molecule has 9 heteroatoms. The van der Waals surface area contributed by atoms with Crippen LogP contribution in [0.15, 0.2) is 67.0 Å². The van der Waals surface area contributed by atoms with Gasteiger partial charge in [-0.2, -0.15) is 4.89 Å². The number of hydrogen-bond donors (Lipinski definition) is 0. The lowest BCUT2D eigenvalue weighted by atomic mass is 10.1. The van der Waals surface area contributed by atoms with E-state index < -0.39 is 17.7 Å². The van der Waals surface area contributed by atoms with Gasteiger partial charge in [0.25, 0.3) is 0 Å². The largest absolute Gasteiger partial charge is 0.487 e. The second-order valence-electron chi connectivity index (χ2n) is 9.38. The number of aromatic nitrogens is 3. The first-order valence-corrected chi connectivity index (χ1v) is 11.8. The average Bonchev–Trinajstić information content (AvgIpc) is 3.13. The van der Waals surface area contributed by atoms with Crippen LogP contribution in [0.5, 0.6) is 5.75 Å². The third-order valence-corrected chi connectivity index (χ3v) is 5.40. The molecule has 192 valence electrons. The molecule has 0 bridgehead atoms. The maximum atomic E-state index is 13.1. The van der Waals surface area contributed by atoms with Crippen molar-refractivity contribution in [2.24, 2.45) is 0 Å². The highest BCUT2D eigenvalue weighted by Crippen LogP contribution is 2.31. The summed E-state index contributed by atoms with van der Waals surface area (Å²) in [6.07, 6.45) is 2.67. The van der Waals surface area contributed by atoms with Crippen molar-refractivity contribution in [3.63, 3.8) is 0 Å². The molecule has 4 aromatic rings. The van der Waals surface area contributed by atoms with Gasteiger partial charge in [-0.15, -0.1) is 0 Å². The lowest BCUT2D eigenvalue weighted by molar-refractivity contribution is -0.279. The highest BCUT2D eigenvalue weighted by atomic mass is 17.2. The fourth-order valence-corrected chi connectivity index (χ4v) is 3.77. The molecule has 0 aliphatic carbocycles. The van der Waals surface area contributed by atoms with E-state index in [1.165, 1.54) is 4.57 Å². The number of hydrogen-bond acceptors (Lipinski definition) is 8. The van der Waals surface area contributed by atoms with Crippen molar-refractivity contribution in [3.8, 4) is 5.75 Å². The van der Waals surface area contributed by atoms with E-state index in [4.69, 9.17) is 19.2 Å². The molecule has 0 N–H and O–H groups in total. The molecule has 0 radical (unpaired) electrons. The van der Waals surface area contributed by atoms with Crippen LogP contribution < -0.4 is 4.74 Å². The Morgan fingerprint density at radius 1 is 0.919 bits per heavy atom. The second kappa shape index (κ2) is 11.2. The average molecular weight is 504 g/mol. The Morgan fingerprint density at radius 3 is 2.22 bits per heavy atom. The zero-order valence-corrected chi connectivity index (χ0v) is 21.3. The molecule has 1 aromatic carbocycles. The summed E-state index contributed by atoms with van der Waals surface area (Å²) in [5, 5.41) is 0.670. The van der Waals surface area contributed by atoms with Crippen molar-refractivity contribution in [3.05, 3.63) is 89.6 Å². The van der Waals surface area contributed by atoms with Crippen molar-refractivity contribution in [2.45, 2.75) is 52.9 Å². The fourth-order valence-electron chi connectivity index (χ4n) is 3.77. The van der Waals surface area contributed by atoms with Gasteiger partial charge in [0.05, 0.1) is 23.3 Å². The monoisotopic (exact) mass is 503 g/mol. The van der Waals surface area contributed by atoms with Gasteiger partial charge in [0.2, 0.25) is 0 Å². The third-order valence-electron chi connectivity index (χ3n) is 5.40. The Bertz CT molecular complexity index is 1380. The van der Waals surface area contributed by atoms with E-state index in [1.54, 1.807) is 70.4 Å². The minimum Gasteiger partial charge on any atom is -0.487 e. The van der Waals surface area contributed by atoms with Crippen LogP contribution in [0.2, 0.25) is 0 Å². The van der Waals surface area contributed by atoms with Crippen molar-refractivity contribution in [1.29, 1.82) is 0 Å². The minimum absolute atomic E-state index is 0.0245. The standard InChI is InChI=1S/C28H29N3O6/c1-19-23(16-26(32)37-35-18-21-10-6-8-14-30-21)24-15-22(34-17-20-9-5-7-13-29-20)11-12-25(24)31(19)27(33)36-28(2,3)4/h5-15H,16-18H2,1-4H3. The van der Waals surface area contributed by atoms with Crippen LogP contribution >= 0.6 is 0 Å². The molecule has 37 heavy (non-hydrogen) atoms. The number of benzene rings is 1. The van der Waals surface area contributed by atoms with E-state index in [9.17, 15) is 9.59 Å². The summed E-state index contributed by atoms with van der Waals surface area (Å²) in [7, 11) is 0. The van der Waals surface area contributed by atoms with E-state index in [-0.39, 0.29) is 19.6 Å². The van der Waals surface area contributed by atoms with Crippen molar-refractivity contribution in [2.75, 3.05) is 0 Å². The van der Waals surface area contributed by atoms with Gasteiger partial charge in [-0.1, -0.05) is 12.1 Å². The first-order valence-electron chi connectivity index (χ1n) is 11.8. The molecule has 0 spiro atoms. The summed E-state index contributed by atoms with van der Waals surface area (Å²) >= 11 is 0. The lowest BCUT2D eigenvalue weighted by Crippen LogP contribution is -2.27. The van der Waals surface area contributed by atoms with Gasteiger partial charge in [0, 0.05) is 23.5 Å². The zero-order chi connectivity index (χ0) is 26.4. The first kappa shape index (κ1) is 25.8. The number of ether oxygens (including phenoxy) is 2. The topological polar surface area (TPSA) is 102 Å². The van der Waals surface area contributed by atoms with Gasteiger partial charge >= 0.3 is 12.1 Å². The summed E-state index contributed by atoms with van der Waals surface area (Å²) in [6.45, 7) is 7.45. The van der Waals surface area contributed by atoms with Crippen molar-refractivity contribution >= 4 is 23.0 Å². The van der Waals surface area contributed by atoms with Crippen LogP contribution in [0.25, 0.3) is 10.9 Å². The van der Waals surface area contributed by atoms with Gasteiger partial charge in [-0.3, -0.25) is 14.9 Å². The van der Waals surface area contributed by atoms with Gasteiger partial charge in [-0.05, 0) is 75.7 Å². The van der Waals surface area contributed by atoms with Crippen molar-refractivity contribution in [1.82, 2.24) is 14.5 Å². The van der Waals surface area contributed by atoms with Gasteiger partial charge in [0.15, 0.2) is 0 Å². The van der Waals surface area contributed by atoms with Gasteiger partial charge in [0.1, 0.15) is 24.6 Å². The molecule has 0 saturated heterocycles. The molecule has 9 nitrogen and oxygen atoms in total. The quantitative estimate of drug-likeness (QED) is 0.235. The SMILES string of the molecule is Cc1c(CC(=O)OOCc2ccccn2)c2cc(OCc3ccccn3)ccc2n1C(=O)OC(C)(C)C. The number of pyridine rings is 2. The number of carbonyl (C=O) groups is 2. The molecule has 3 aromatic heterocycles. The fraction of sp³-hybridized carbons (Fsp3) is 0.286. The number of rotatable bonds is 8. The molecule has 0 aliphatic rings. The second-order valence-corrected chi connectivity index (χ2v) is 9.38. The smallest absolute Gasteiger partial charge is 0.419 e. The van der Waals surface area contributed by atoms with E-state index in [2.05, 4.69) is 9.97 Å². The molecule has 0 atom stereocenters. The molecular formula is C28H29N3O6. The maximum absolute atomic E-state index is 13.1. The minimum atomic E-state index is -0.690. The molecule has 0 amide bonds. The normalized spacial score (nSPS) is 11.4. The van der Waals surface area contributed by atoms with Crippen LogP contribution in [0.1, 0.15) is 43.4 Å². The highest BCUT2D eigenvalue weighted by molar-refractivity contribution is 5.96. The number of carbonyl (C=O) groups excluding carboxylic acids is 2. The predicted octanol–water partition coefficient (Wildman–Crippen LogP) is 5.32. The van der Waals surface area contributed by atoms with Crippen molar-refractivity contribution < 1.29 is 28.8 Å². The van der Waals surface area contributed by atoms with Crippen LogP contribution in [0, 0.1) is 6.92 Å². The first-order chi connectivity index (χ1) is 17.7. The predicted molar refractivity (Wildman–Crippen MR) is 136 cm³/mol. The van der Waals surface area contributed by atoms with Crippen LogP contribution in [0.3, 0.4) is 0 Å². The Hall–Kier alpha value is -4.24. The number of fused-ring (bicyclic) bond motifs is 1. The molecule has 0 saturated carbocycles. The van der Waals surface area contributed by atoms with E-state index in [0.29, 0.717) is 33.6 Å². The van der Waals surface area contributed by atoms with Crippen LogP contribution in [0.4, 0.5) is 4.79 Å². The summed E-state index contributed by atoms with van der Waals surface area (Å²) in [4.78, 5) is 44.2. The zero-order valence-electron chi connectivity index (χ0n) is 21.3. The highest BCUT2D eigenvalue weighted by Gasteiger charge is 2.25. The molecular weight excluding hydrogens is 474 g/mol. The Balaban J connectivity index is 1.59. The summed E-state index contributed by atoms with van der Waals surface area (Å²) in [5.41, 5.74) is 2.48. The molecule has 4 rings (SSSR count). The Labute approximate surface area is 214 Å². The summed E-state index contributed by atoms with van der Waals surface area (Å²) < 4.78 is 13.0. The Kier molecular flexibility index (Phi) is 7.83. The van der Waals surface area contributed by atoms with Gasteiger partial charge < -0.3 is 9.47 Å². The maximum Gasteiger partial charge on any atom is 0.419 e. The molecule has 3 heterocycles. The molecule has 0 unspecified atom stereocenters. The van der Waals surface area contributed by atoms with E-state index in [1.807, 2.05) is 24.3 Å². The lowest BCUT2D eigenvalue weighted by Gasteiger charge is -2.20. The van der Waals surface area contributed by atoms with Crippen LogP contribution in [-0.2, 0) is 38.9 Å². The van der Waals surface area contributed by atoms with Crippen LogP contribution in [-0.4, -0.2) is 32.2 Å². The Morgan fingerprint density at radius 2 is 1.59 bits per heavy atom. The number of nitrogens with zero attached hydrogens (tertiary/aromatic N) is 3. The summed E-state index contributed by atoms with van der Waals surface area (Å²) in [6, 6.07) is 16.3. The van der Waals surface area contributed by atoms with E-state index >= 15 is 0 Å².